The van der Waals surface area contributed by atoms with Crippen molar-refractivity contribution in [1.29, 1.82) is 0 Å². The number of aryl methyl sites for hydroxylation is 2. The topological polar surface area (TPSA) is 0 Å². The average molecular weight is 429 g/mol. The molecule has 3 aliphatic carbocycles. The summed E-state index contributed by atoms with van der Waals surface area (Å²) in [5, 5.41) is 0. The Morgan fingerprint density at radius 3 is 1.38 bits per heavy atom. The fourth-order valence-corrected chi connectivity index (χ4v) is 7.02. The first-order chi connectivity index (χ1) is 15.7. The smallest absolute Gasteiger partial charge is 0.0248 e. The van der Waals surface area contributed by atoms with E-state index in [4.69, 9.17) is 0 Å². The minimum atomic E-state index is 0.908. The molecule has 0 aromatic heterocycles. The zero-order valence-corrected chi connectivity index (χ0v) is 20.7. The lowest BCUT2D eigenvalue weighted by atomic mass is 9.76. The first-order valence-corrected chi connectivity index (χ1v) is 13.9. The maximum absolute atomic E-state index is 2.57. The van der Waals surface area contributed by atoms with Crippen LogP contribution < -0.4 is 0 Å². The van der Waals surface area contributed by atoms with Crippen LogP contribution in [0.25, 0.3) is 0 Å². The van der Waals surface area contributed by atoms with Crippen LogP contribution in [0.5, 0.6) is 0 Å². The molecule has 0 amide bonds. The van der Waals surface area contributed by atoms with Crippen molar-refractivity contribution in [3.8, 4) is 0 Å². The Morgan fingerprint density at radius 1 is 0.531 bits per heavy atom. The Balaban J connectivity index is 1.12. The first-order valence-electron chi connectivity index (χ1n) is 13.9. The molecule has 1 fully saturated rings. The quantitative estimate of drug-likeness (QED) is 0.434. The summed E-state index contributed by atoms with van der Waals surface area (Å²) in [7, 11) is 0. The van der Waals surface area contributed by atoms with E-state index in [0.29, 0.717) is 0 Å². The molecule has 172 valence electrons. The molecule has 0 aliphatic heterocycles. The Hall–Kier alpha value is -1.56. The van der Waals surface area contributed by atoms with Crippen molar-refractivity contribution < 1.29 is 0 Å². The zero-order valence-electron chi connectivity index (χ0n) is 20.7. The van der Waals surface area contributed by atoms with Crippen molar-refractivity contribution in [2.45, 2.75) is 104 Å². The summed E-state index contributed by atoms with van der Waals surface area (Å²) in [6.45, 7) is 4.71. The predicted molar refractivity (Wildman–Crippen MR) is 137 cm³/mol. The van der Waals surface area contributed by atoms with E-state index in [9.17, 15) is 0 Å². The van der Waals surface area contributed by atoms with Crippen LogP contribution in [-0.2, 0) is 38.5 Å². The highest BCUT2D eigenvalue weighted by Gasteiger charge is 2.24. The van der Waals surface area contributed by atoms with Gasteiger partial charge < -0.3 is 0 Å². The van der Waals surface area contributed by atoms with Crippen LogP contribution in [0.4, 0.5) is 0 Å². The summed E-state index contributed by atoms with van der Waals surface area (Å²) in [5.74, 6) is 3.66. The molecule has 0 nitrogen and oxygen atoms in total. The third-order valence-corrected chi connectivity index (χ3v) is 9.37. The van der Waals surface area contributed by atoms with Gasteiger partial charge in [0.2, 0.25) is 0 Å². The molecule has 0 N–H and O–H groups in total. The van der Waals surface area contributed by atoms with Crippen molar-refractivity contribution in [2.75, 3.05) is 0 Å². The van der Waals surface area contributed by atoms with E-state index < -0.39 is 0 Å². The summed E-state index contributed by atoms with van der Waals surface area (Å²) < 4.78 is 0. The van der Waals surface area contributed by atoms with Gasteiger partial charge in [0, 0.05) is 0 Å². The predicted octanol–water partition coefficient (Wildman–Crippen LogP) is 8.31. The Bertz CT molecular complexity index is 823. The molecule has 0 heterocycles. The van der Waals surface area contributed by atoms with Crippen LogP contribution in [0, 0.1) is 23.7 Å². The summed E-state index contributed by atoms with van der Waals surface area (Å²) in [4.78, 5) is 0. The molecule has 5 rings (SSSR count). The maximum Gasteiger partial charge on any atom is -0.0248 e. The van der Waals surface area contributed by atoms with Crippen LogP contribution in [0.2, 0.25) is 0 Å². The van der Waals surface area contributed by atoms with Gasteiger partial charge in [0.25, 0.3) is 0 Å². The zero-order chi connectivity index (χ0) is 21.9. The molecule has 0 bridgehead atoms. The highest BCUT2D eigenvalue weighted by molar-refractivity contribution is 5.35. The fraction of sp³-hybridized carbons (Fsp3) is 0.625. The summed E-state index contributed by atoms with van der Waals surface area (Å²) in [6.07, 6.45) is 19.1. The maximum atomic E-state index is 2.57. The standard InChI is InChI=1S/C32H44/c1-3-23-9-13-31-21-27(11-15-29(31)19-23)17-25-5-7-26(8-6-25)18-28-12-16-30-20-24(4-2)10-14-32(30)22-28/h11-12,15-16,21-26H,3-10,13-14,17-20H2,1-2H3. The second-order valence-corrected chi connectivity index (χ2v) is 11.5. The molecular weight excluding hydrogens is 384 g/mol. The van der Waals surface area contributed by atoms with Crippen molar-refractivity contribution in [1.82, 2.24) is 0 Å². The number of rotatable bonds is 6. The van der Waals surface area contributed by atoms with E-state index >= 15 is 0 Å². The van der Waals surface area contributed by atoms with Gasteiger partial charge in [-0.2, -0.15) is 0 Å². The van der Waals surface area contributed by atoms with Gasteiger partial charge in [-0.3, -0.25) is 0 Å². The molecule has 2 atom stereocenters. The summed E-state index contributed by atoms with van der Waals surface area (Å²) in [5.41, 5.74) is 9.85. The lowest BCUT2D eigenvalue weighted by Gasteiger charge is -2.30. The van der Waals surface area contributed by atoms with Crippen molar-refractivity contribution in [2.24, 2.45) is 23.7 Å². The second-order valence-electron chi connectivity index (χ2n) is 11.5. The minimum Gasteiger partial charge on any atom is -0.0651 e. The van der Waals surface area contributed by atoms with Gasteiger partial charge in [-0.25, -0.2) is 0 Å². The van der Waals surface area contributed by atoms with Gasteiger partial charge in [-0.15, -0.1) is 0 Å². The lowest BCUT2D eigenvalue weighted by molar-refractivity contribution is 0.272. The normalized spacial score (nSPS) is 27.6. The number of hydrogen-bond acceptors (Lipinski definition) is 0. The van der Waals surface area contributed by atoms with Gasteiger partial charge in [0.05, 0.1) is 0 Å². The first kappa shape index (κ1) is 22.2. The van der Waals surface area contributed by atoms with Crippen LogP contribution >= 0.6 is 0 Å². The third-order valence-electron chi connectivity index (χ3n) is 9.37. The number of benzene rings is 2. The van der Waals surface area contributed by atoms with Crippen molar-refractivity contribution in [3.05, 3.63) is 69.8 Å². The van der Waals surface area contributed by atoms with Gasteiger partial charge in [0.15, 0.2) is 0 Å². The van der Waals surface area contributed by atoms with E-state index in [1.807, 2.05) is 0 Å². The highest BCUT2D eigenvalue weighted by atomic mass is 14.3. The molecule has 0 heteroatoms. The molecule has 2 unspecified atom stereocenters. The summed E-state index contributed by atoms with van der Waals surface area (Å²) in [6, 6.07) is 15.0. The molecule has 1 saturated carbocycles. The molecule has 0 saturated heterocycles. The molecule has 3 aliphatic rings. The Kier molecular flexibility index (Phi) is 7.05. The fourth-order valence-electron chi connectivity index (χ4n) is 7.02. The Labute approximate surface area is 197 Å². The molecular formula is C32H44. The molecule has 0 radical (unpaired) electrons. The summed E-state index contributed by atoms with van der Waals surface area (Å²) >= 11 is 0. The average Bonchev–Trinajstić information content (AvgIpc) is 2.84. The van der Waals surface area contributed by atoms with E-state index in [1.165, 1.54) is 89.9 Å². The van der Waals surface area contributed by atoms with Crippen LogP contribution in [0.15, 0.2) is 36.4 Å². The highest BCUT2D eigenvalue weighted by Crippen LogP contribution is 2.35. The number of hydrogen-bond donors (Lipinski definition) is 0. The van der Waals surface area contributed by atoms with Gasteiger partial charge in [-0.1, -0.05) is 63.1 Å². The molecule has 32 heavy (non-hydrogen) atoms. The molecule has 0 spiro atoms. The van der Waals surface area contributed by atoms with Crippen LogP contribution in [-0.4, -0.2) is 0 Å². The molecule has 2 aromatic rings. The van der Waals surface area contributed by atoms with Crippen molar-refractivity contribution >= 4 is 0 Å². The molecule has 2 aromatic carbocycles. The Morgan fingerprint density at radius 2 is 0.969 bits per heavy atom. The van der Waals surface area contributed by atoms with E-state index in [2.05, 4.69) is 50.2 Å². The van der Waals surface area contributed by atoms with Gasteiger partial charge in [-0.05, 0) is 134 Å². The van der Waals surface area contributed by atoms with Gasteiger partial charge in [0.1, 0.15) is 0 Å². The van der Waals surface area contributed by atoms with Crippen LogP contribution in [0.1, 0.15) is 98.6 Å². The monoisotopic (exact) mass is 428 g/mol. The largest absolute Gasteiger partial charge is 0.0651 e. The van der Waals surface area contributed by atoms with E-state index in [1.54, 1.807) is 33.4 Å². The second kappa shape index (κ2) is 10.1. The minimum absolute atomic E-state index is 0.908. The third kappa shape index (κ3) is 5.16. The van der Waals surface area contributed by atoms with Gasteiger partial charge >= 0.3 is 0 Å². The van der Waals surface area contributed by atoms with E-state index in [-0.39, 0.29) is 0 Å². The van der Waals surface area contributed by atoms with Crippen molar-refractivity contribution in [3.63, 3.8) is 0 Å². The lowest BCUT2D eigenvalue weighted by Crippen LogP contribution is -2.19. The van der Waals surface area contributed by atoms with E-state index in [0.717, 1.165) is 23.7 Å². The SMILES string of the molecule is CCC1CCc2cc(CC3CCC(Cc4ccc5c(c4)CCC(CC)C5)CC3)ccc2C1. The van der Waals surface area contributed by atoms with Crippen LogP contribution in [0.3, 0.4) is 0 Å². The number of fused-ring (bicyclic) bond motifs is 2.